The van der Waals surface area contributed by atoms with Crippen molar-refractivity contribution in [1.82, 2.24) is 9.38 Å². The van der Waals surface area contributed by atoms with Crippen LogP contribution >= 0.6 is 11.6 Å². The first kappa shape index (κ1) is 19.9. The molecule has 2 aromatic heterocycles. The van der Waals surface area contributed by atoms with Gasteiger partial charge in [0.2, 0.25) is 0 Å². The smallest absolute Gasteiger partial charge is 0.265 e. The number of methoxy groups -OCH3 is 1. The minimum Gasteiger partial charge on any atom is -0.507 e. The van der Waals surface area contributed by atoms with Crippen LogP contribution in [0.2, 0.25) is 5.02 Å². The molecule has 0 saturated heterocycles. The van der Waals surface area contributed by atoms with Crippen LogP contribution in [0.3, 0.4) is 0 Å². The number of anilines is 1. The van der Waals surface area contributed by atoms with Crippen LogP contribution in [0.15, 0.2) is 59.5 Å². The van der Waals surface area contributed by atoms with Crippen molar-refractivity contribution in [1.29, 1.82) is 0 Å². The molecule has 2 aromatic carbocycles. The highest BCUT2D eigenvalue weighted by molar-refractivity contribution is 6.31. The second-order valence-corrected chi connectivity index (χ2v) is 7.12. The SMILES string of the molecule is COCCNc1cc(C(=O)c2cc(Cl)ccc2O)cn2c(=O)c3ccccc3nc12. The Labute approximate surface area is 176 Å². The van der Waals surface area contributed by atoms with E-state index in [0.29, 0.717) is 40.4 Å². The van der Waals surface area contributed by atoms with Gasteiger partial charge in [0.05, 0.1) is 28.8 Å². The second-order valence-electron chi connectivity index (χ2n) is 6.68. The maximum absolute atomic E-state index is 13.1. The lowest BCUT2D eigenvalue weighted by Gasteiger charge is -2.13. The summed E-state index contributed by atoms with van der Waals surface area (Å²) >= 11 is 5.99. The number of aromatic hydroxyl groups is 1. The van der Waals surface area contributed by atoms with Crippen LogP contribution < -0.4 is 10.9 Å². The summed E-state index contributed by atoms with van der Waals surface area (Å²) in [6, 6.07) is 12.9. The van der Waals surface area contributed by atoms with Crippen LogP contribution in [-0.4, -0.2) is 40.5 Å². The van der Waals surface area contributed by atoms with Gasteiger partial charge in [0.25, 0.3) is 5.56 Å². The van der Waals surface area contributed by atoms with Crippen molar-refractivity contribution in [2.75, 3.05) is 25.6 Å². The third kappa shape index (κ3) is 3.60. The van der Waals surface area contributed by atoms with Crippen LogP contribution in [0, 0.1) is 0 Å². The molecule has 7 nitrogen and oxygen atoms in total. The maximum Gasteiger partial charge on any atom is 0.265 e. The van der Waals surface area contributed by atoms with Gasteiger partial charge in [-0.05, 0) is 36.4 Å². The normalized spacial score (nSPS) is 11.1. The van der Waals surface area contributed by atoms with Gasteiger partial charge in [-0.2, -0.15) is 0 Å². The Bertz CT molecular complexity index is 1330. The number of nitrogens with one attached hydrogen (secondary N) is 1. The molecule has 2 heterocycles. The molecule has 0 fully saturated rings. The number of hydrogen-bond acceptors (Lipinski definition) is 6. The minimum atomic E-state index is -0.466. The van der Waals surface area contributed by atoms with Crippen molar-refractivity contribution in [2.45, 2.75) is 0 Å². The third-order valence-corrected chi connectivity index (χ3v) is 4.94. The number of phenols is 1. The highest BCUT2D eigenvalue weighted by Gasteiger charge is 2.18. The number of rotatable bonds is 6. The number of benzene rings is 2. The van der Waals surface area contributed by atoms with Crippen LogP contribution in [0.25, 0.3) is 16.6 Å². The molecule has 0 radical (unpaired) electrons. The lowest BCUT2D eigenvalue weighted by atomic mass is 10.0. The lowest BCUT2D eigenvalue weighted by Crippen LogP contribution is -2.19. The minimum absolute atomic E-state index is 0.0477. The molecule has 0 amide bonds. The number of carbonyl (C=O) groups is 1. The molecule has 152 valence electrons. The second kappa shape index (κ2) is 8.14. The standard InChI is InChI=1S/C22H18ClN3O4/c1-30-9-8-24-18-10-13(20(28)16-11-14(23)6-7-19(16)27)12-26-21(18)25-17-5-3-2-4-15(17)22(26)29/h2-7,10-12,24,27H,8-9H2,1H3. The third-order valence-electron chi connectivity index (χ3n) is 4.70. The Morgan fingerprint density at radius 3 is 2.83 bits per heavy atom. The Morgan fingerprint density at radius 1 is 1.23 bits per heavy atom. The molecule has 30 heavy (non-hydrogen) atoms. The van der Waals surface area contributed by atoms with Crippen LogP contribution in [0.1, 0.15) is 15.9 Å². The van der Waals surface area contributed by atoms with E-state index in [1.54, 1.807) is 31.4 Å². The number of fused-ring (bicyclic) bond motifs is 2. The number of para-hydroxylation sites is 1. The van der Waals surface area contributed by atoms with Gasteiger partial charge in [0.15, 0.2) is 11.4 Å². The van der Waals surface area contributed by atoms with E-state index in [4.69, 9.17) is 16.3 Å². The van der Waals surface area contributed by atoms with Gasteiger partial charge >= 0.3 is 0 Å². The Hall–Kier alpha value is -3.42. The summed E-state index contributed by atoms with van der Waals surface area (Å²) in [6.07, 6.45) is 1.43. The van der Waals surface area contributed by atoms with E-state index in [1.807, 2.05) is 6.07 Å². The van der Waals surface area contributed by atoms with Crippen LogP contribution in [0.5, 0.6) is 5.75 Å². The summed E-state index contributed by atoms with van der Waals surface area (Å²) in [7, 11) is 1.58. The highest BCUT2D eigenvalue weighted by Crippen LogP contribution is 2.26. The Balaban J connectivity index is 1.95. The van der Waals surface area contributed by atoms with Crippen LogP contribution in [0.4, 0.5) is 5.69 Å². The number of phenolic OH excluding ortho intramolecular Hbond substituents is 1. The number of aromatic nitrogens is 2. The summed E-state index contributed by atoms with van der Waals surface area (Å²) in [5.41, 5.74) is 1.41. The first-order valence-electron chi connectivity index (χ1n) is 9.21. The zero-order chi connectivity index (χ0) is 21.3. The van der Waals surface area contributed by atoms with Gasteiger partial charge < -0.3 is 15.2 Å². The van der Waals surface area contributed by atoms with Crippen molar-refractivity contribution in [3.05, 3.63) is 81.2 Å². The molecule has 4 rings (SSSR count). The zero-order valence-corrected chi connectivity index (χ0v) is 16.8. The van der Waals surface area contributed by atoms with Gasteiger partial charge in [-0.3, -0.25) is 14.0 Å². The molecule has 0 saturated carbocycles. The topological polar surface area (TPSA) is 92.9 Å². The average molecular weight is 424 g/mol. The number of ether oxygens (including phenoxy) is 1. The Morgan fingerprint density at radius 2 is 2.03 bits per heavy atom. The summed E-state index contributed by atoms with van der Waals surface area (Å²) in [6.45, 7) is 0.881. The van der Waals surface area contributed by atoms with E-state index in [2.05, 4.69) is 10.3 Å². The van der Waals surface area contributed by atoms with Crippen molar-refractivity contribution < 1.29 is 14.6 Å². The van der Waals surface area contributed by atoms with Gasteiger partial charge in [0, 0.05) is 30.4 Å². The summed E-state index contributed by atoms with van der Waals surface area (Å²) in [5.74, 6) is -0.658. The Kier molecular flexibility index (Phi) is 5.39. The number of ketones is 1. The monoisotopic (exact) mass is 423 g/mol. The van der Waals surface area contributed by atoms with Crippen molar-refractivity contribution in [3.8, 4) is 5.75 Å². The molecule has 0 unspecified atom stereocenters. The fourth-order valence-electron chi connectivity index (χ4n) is 3.24. The van der Waals surface area contributed by atoms with E-state index in [-0.39, 0.29) is 22.4 Å². The average Bonchev–Trinajstić information content (AvgIpc) is 2.75. The molecule has 0 aliphatic heterocycles. The van der Waals surface area contributed by atoms with Gasteiger partial charge in [-0.25, -0.2) is 4.98 Å². The predicted molar refractivity (Wildman–Crippen MR) is 116 cm³/mol. The predicted octanol–water partition coefficient (Wildman–Crippen LogP) is 3.50. The zero-order valence-electron chi connectivity index (χ0n) is 16.1. The van der Waals surface area contributed by atoms with Gasteiger partial charge in [0.1, 0.15) is 5.75 Å². The maximum atomic E-state index is 13.1. The highest BCUT2D eigenvalue weighted by atomic mass is 35.5. The molecule has 0 bridgehead atoms. The fourth-order valence-corrected chi connectivity index (χ4v) is 3.41. The van der Waals surface area contributed by atoms with Gasteiger partial charge in [-0.1, -0.05) is 23.7 Å². The lowest BCUT2D eigenvalue weighted by molar-refractivity contribution is 0.103. The van der Waals surface area contributed by atoms with E-state index >= 15 is 0 Å². The van der Waals surface area contributed by atoms with Crippen molar-refractivity contribution in [2.24, 2.45) is 0 Å². The largest absolute Gasteiger partial charge is 0.507 e. The van der Waals surface area contributed by atoms with Crippen molar-refractivity contribution >= 4 is 39.6 Å². The quantitative estimate of drug-likeness (QED) is 0.280. The number of nitrogens with zero attached hydrogens (tertiary/aromatic N) is 2. The number of halogens is 1. The molecule has 0 aliphatic carbocycles. The number of hydrogen-bond donors (Lipinski definition) is 2. The fraction of sp³-hybridized carbons (Fsp3) is 0.136. The van der Waals surface area contributed by atoms with E-state index < -0.39 is 5.78 Å². The van der Waals surface area contributed by atoms with E-state index in [9.17, 15) is 14.7 Å². The molecular formula is C22H18ClN3O4. The molecule has 2 N–H and O–H groups in total. The molecule has 0 spiro atoms. The molecule has 0 aliphatic rings. The number of carbonyl (C=O) groups excluding carboxylic acids is 1. The van der Waals surface area contributed by atoms with E-state index in [0.717, 1.165) is 0 Å². The molecule has 4 aromatic rings. The molecule has 8 heteroatoms. The van der Waals surface area contributed by atoms with Gasteiger partial charge in [-0.15, -0.1) is 0 Å². The summed E-state index contributed by atoms with van der Waals surface area (Å²) in [5, 5.41) is 14.0. The molecular weight excluding hydrogens is 406 g/mol. The summed E-state index contributed by atoms with van der Waals surface area (Å²) < 4.78 is 6.42. The first-order chi connectivity index (χ1) is 14.5. The van der Waals surface area contributed by atoms with Crippen LogP contribution in [-0.2, 0) is 4.74 Å². The van der Waals surface area contributed by atoms with Crippen molar-refractivity contribution in [3.63, 3.8) is 0 Å². The van der Waals surface area contributed by atoms with E-state index in [1.165, 1.54) is 28.8 Å². The number of pyridine rings is 1. The summed E-state index contributed by atoms with van der Waals surface area (Å²) in [4.78, 5) is 30.8. The molecule has 0 atom stereocenters. The first-order valence-corrected chi connectivity index (χ1v) is 9.58.